The van der Waals surface area contributed by atoms with Crippen LogP contribution in [0, 0.1) is 0 Å². The molecule has 2 rings (SSSR count). The number of esters is 1. The average Bonchev–Trinajstić information content (AvgIpc) is 2.65. The molecule has 0 spiro atoms. The molecule has 0 aromatic heterocycles. The van der Waals surface area contributed by atoms with E-state index < -0.39 is 12.1 Å². The van der Waals surface area contributed by atoms with Crippen LogP contribution < -0.4 is 15.8 Å². The van der Waals surface area contributed by atoms with E-state index in [9.17, 15) is 9.59 Å². The summed E-state index contributed by atoms with van der Waals surface area (Å²) >= 11 is 0. The molecule has 3 N–H and O–H groups in total. The van der Waals surface area contributed by atoms with Gasteiger partial charge in [-0.15, -0.1) is 0 Å². The number of amides is 1. The zero-order valence-corrected chi connectivity index (χ0v) is 11.3. The number of rotatable bonds is 3. The highest BCUT2D eigenvalue weighted by Gasteiger charge is 2.24. The molecule has 20 heavy (non-hydrogen) atoms. The largest absolute Gasteiger partial charge is 0.480 e. The first-order chi connectivity index (χ1) is 9.61. The monoisotopic (exact) mass is 278 g/mol. The number of nitrogens with two attached hydrogens (primary N) is 1. The fourth-order valence-corrected chi connectivity index (χ4v) is 2.10. The molecule has 1 amide bonds. The number of hydrogen-bond acceptors (Lipinski definition) is 5. The zero-order valence-electron chi connectivity index (χ0n) is 11.3. The third-order valence-corrected chi connectivity index (χ3v) is 3.16. The topological polar surface area (TPSA) is 90.7 Å². The Morgan fingerprint density at radius 1 is 1.40 bits per heavy atom. The third kappa shape index (κ3) is 3.20. The van der Waals surface area contributed by atoms with Gasteiger partial charge in [-0.3, -0.25) is 4.79 Å². The predicted molar refractivity (Wildman–Crippen MR) is 73.5 cm³/mol. The number of methoxy groups -OCH3 is 1. The smallest absolute Gasteiger partial charge is 0.341 e. The predicted octanol–water partition coefficient (Wildman–Crippen LogP) is 1.10. The lowest BCUT2D eigenvalue weighted by atomic mass is 10.1. The molecule has 0 bridgehead atoms. The molecule has 1 heterocycles. The van der Waals surface area contributed by atoms with Gasteiger partial charge < -0.3 is 20.5 Å². The number of benzene rings is 1. The summed E-state index contributed by atoms with van der Waals surface area (Å²) < 4.78 is 10.4. The number of ether oxygens (including phenoxy) is 2. The van der Waals surface area contributed by atoms with Gasteiger partial charge in [0, 0.05) is 12.2 Å². The first-order valence-electron chi connectivity index (χ1n) is 6.54. The second-order valence-corrected chi connectivity index (χ2v) is 4.64. The van der Waals surface area contributed by atoms with Crippen LogP contribution in [0.5, 0.6) is 5.75 Å². The number of nitrogens with one attached hydrogen (secondary N) is 1. The van der Waals surface area contributed by atoms with E-state index in [0.29, 0.717) is 24.4 Å². The van der Waals surface area contributed by atoms with Crippen LogP contribution in [-0.4, -0.2) is 31.6 Å². The van der Waals surface area contributed by atoms with Gasteiger partial charge in [0.2, 0.25) is 0 Å². The van der Waals surface area contributed by atoms with Crippen LogP contribution in [0.4, 0.5) is 5.69 Å². The van der Waals surface area contributed by atoms with Crippen LogP contribution in [0.15, 0.2) is 18.2 Å². The summed E-state index contributed by atoms with van der Waals surface area (Å²) in [5, 5.41) is 2.78. The Morgan fingerprint density at radius 2 is 2.20 bits per heavy atom. The van der Waals surface area contributed by atoms with Gasteiger partial charge in [0.1, 0.15) is 11.3 Å². The van der Waals surface area contributed by atoms with Gasteiger partial charge in [0.25, 0.3) is 5.91 Å². The van der Waals surface area contributed by atoms with Gasteiger partial charge >= 0.3 is 5.97 Å². The molecule has 1 fully saturated rings. The van der Waals surface area contributed by atoms with E-state index in [2.05, 4.69) is 5.32 Å². The van der Waals surface area contributed by atoms with Crippen molar-refractivity contribution in [3.05, 3.63) is 23.8 Å². The Bertz CT molecular complexity index is 516. The first kappa shape index (κ1) is 14.2. The van der Waals surface area contributed by atoms with Crippen molar-refractivity contribution in [3.8, 4) is 5.75 Å². The maximum absolute atomic E-state index is 11.9. The van der Waals surface area contributed by atoms with Crippen LogP contribution in [0.2, 0.25) is 0 Å². The van der Waals surface area contributed by atoms with Crippen molar-refractivity contribution in [2.45, 2.75) is 25.4 Å². The third-order valence-electron chi connectivity index (χ3n) is 3.16. The van der Waals surface area contributed by atoms with Crippen LogP contribution in [0.1, 0.15) is 29.6 Å². The van der Waals surface area contributed by atoms with Gasteiger partial charge in [0.15, 0.2) is 6.10 Å². The van der Waals surface area contributed by atoms with Gasteiger partial charge in [-0.2, -0.15) is 0 Å². The van der Waals surface area contributed by atoms with Crippen molar-refractivity contribution in [3.63, 3.8) is 0 Å². The molecule has 1 aliphatic heterocycles. The minimum absolute atomic E-state index is 0.157. The SMILES string of the molecule is COC(=O)c1cc(N)ccc1OC1CCCCNC1=O. The van der Waals surface area contributed by atoms with Crippen LogP contribution in [-0.2, 0) is 9.53 Å². The molecule has 0 aliphatic carbocycles. The number of anilines is 1. The van der Waals surface area contributed by atoms with Gasteiger partial charge in [-0.05, 0) is 37.5 Å². The Hall–Kier alpha value is -2.24. The van der Waals surface area contributed by atoms with Crippen molar-refractivity contribution in [2.24, 2.45) is 0 Å². The van der Waals surface area contributed by atoms with Crippen LogP contribution >= 0.6 is 0 Å². The van der Waals surface area contributed by atoms with Gasteiger partial charge in [0.05, 0.1) is 7.11 Å². The minimum atomic E-state index is -0.593. The first-order valence-corrected chi connectivity index (χ1v) is 6.54. The van der Waals surface area contributed by atoms with Crippen LogP contribution in [0.25, 0.3) is 0 Å². The highest BCUT2D eigenvalue weighted by Crippen LogP contribution is 2.25. The lowest BCUT2D eigenvalue weighted by Crippen LogP contribution is -2.36. The molecule has 6 nitrogen and oxygen atoms in total. The fraction of sp³-hybridized carbons (Fsp3) is 0.429. The van der Waals surface area contributed by atoms with Crippen molar-refractivity contribution >= 4 is 17.6 Å². The Balaban J connectivity index is 2.23. The molecule has 1 aromatic rings. The maximum atomic E-state index is 11.9. The normalized spacial score (nSPS) is 18.9. The second kappa shape index (κ2) is 6.27. The molecule has 1 aromatic carbocycles. The maximum Gasteiger partial charge on any atom is 0.341 e. The van der Waals surface area contributed by atoms with E-state index in [4.69, 9.17) is 15.2 Å². The van der Waals surface area contributed by atoms with E-state index in [0.717, 1.165) is 12.8 Å². The number of nitrogen functional groups attached to an aromatic ring is 1. The summed E-state index contributed by atoms with van der Waals surface area (Å²) in [5.74, 6) is -0.385. The average molecular weight is 278 g/mol. The molecule has 1 aliphatic rings. The fourth-order valence-electron chi connectivity index (χ4n) is 2.10. The van der Waals surface area contributed by atoms with E-state index in [1.54, 1.807) is 12.1 Å². The summed E-state index contributed by atoms with van der Waals surface area (Å²) in [4.78, 5) is 23.6. The molecule has 1 saturated heterocycles. The molecule has 6 heteroatoms. The molecular formula is C14H18N2O4. The molecule has 0 radical (unpaired) electrons. The van der Waals surface area contributed by atoms with Crippen molar-refractivity contribution in [1.29, 1.82) is 0 Å². The lowest BCUT2D eigenvalue weighted by Gasteiger charge is -2.18. The summed E-state index contributed by atoms with van der Waals surface area (Å²) in [6.45, 7) is 0.657. The summed E-state index contributed by atoms with van der Waals surface area (Å²) in [6, 6.07) is 4.69. The number of hydrogen-bond donors (Lipinski definition) is 2. The molecular weight excluding hydrogens is 260 g/mol. The van der Waals surface area contributed by atoms with Crippen molar-refractivity contribution in [2.75, 3.05) is 19.4 Å². The lowest BCUT2D eigenvalue weighted by molar-refractivity contribution is -0.127. The quantitative estimate of drug-likeness (QED) is 0.638. The standard InChI is InChI=1S/C14H18N2O4/c1-19-14(18)10-8-9(15)5-6-11(10)20-12-4-2-3-7-16-13(12)17/h5-6,8,12H,2-4,7,15H2,1H3,(H,16,17). The molecule has 1 unspecified atom stereocenters. The Labute approximate surface area is 117 Å². The number of carbonyl (C=O) groups is 2. The van der Waals surface area contributed by atoms with Gasteiger partial charge in [-0.1, -0.05) is 0 Å². The van der Waals surface area contributed by atoms with Crippen molar-refractivity contribution in [1.82, 2.24) is 5.32 Å². The van der Waals surface area contributed by atoms with E-state index in [1.807, 2.05) is 0 Å². The van der Waals surface area contributed by atoms with Gasteiger partial charge in [-0.25, -0.2) is 4.79 Å². The highest BCUT2D eigenvalue weighted by atomic mass is 16.5. The Kier molecular flexibility index (Phi) is 4.45. The summed E-state index contributed by atoms with van der Waals surface area (Å²) in [7, 11) is 1.29. The Morgan fingerprint density at radius 3 is 2.95 bits per heavy atom. The van der Waals surface area contributed by atoms with E-state index in [-0.39, 0.29) is 11.5 Å². The molecule has 1 atom stereocenters. The van der Waals surface area contributed by atoms with E-state index in [1.165, 1.54) is 13.2 Å². The van der Waals surface area contributed by atoms with Crippen LogP contribution in [0.3, 0.4) is 0 Å². The highest BCUT2D eigenvalue weighted by molar-refractivity contribution is 5.93. The second-order valence-electron chi connectivity index (χ2n) is 4.64. The molecule has 108 valence electrons. The van der Waals surface area contributed by atoms with Crippen molar-refractivity contribution < 1.29 is 19.1 Å². The number of carbonyl (C=O) groups excluding carboxylic acids is 2. The minimum Gasteiger partial charge on any atom is -0.480 e. The zero-order chi connectivity index (χ0) is 14.5. The van der Waals surface area contributed by atoms with E-state index >= 15 is 0 Å². The summed E-state index contributed by atoms with van der Waals surface area (Å²) in [6.07, 6.45) is 1.85. The molecule has 0 saturated carbocycles. The summed E-state index contributed by atoms with van der Waals surface area (Å²) in [5.41, 5.74) is 6.32.